The average Bonchev–Trinajstić information content (AvgIpc) is 2.74. The van der Waals surface area contributed by atoms with Gasteiger partial charge in [-0.2, -0.15) is 0 Å². The number of hydrogen-bond donors (Lipinski definition) is 2. The Hall–Kier alpha value is -1.56. The normalized spacial score (nSPS) is 20.4. The summed E-state index contributed by atoms with van der Waals surface area (Å²) in [7, 11) is 0. The summed E-state index contributed by atoms with van der Waals surface area (Å²) in [6.07, 6.45) is 1.53. The fourth-order valence-electron chi connectivity index (χ4n) is 2.04. The number of imidazole rings is 1. The molecule has 0 unspecified atom stereocenters. The Balaban J connectivity index is 1.99. The lowest BCUT2D eigenvalue weighted by Crippen LogP contribution is -2.50. The number of aryl methyl sites for hydroxylation is 1. The van der Waals surface area contributed by atoms with Crippen molar-refractivity contribution in [3.63, 3.8) is 0 Å². The fraction of sp³-hybridized carbons (Fsp3) is 0.692. The Bertz CT molecular complexity index is 450. The molecule has 1 fully saturated rings. The molecule has 19 heavy (non-hydrogen) atoms. The molecule has 2 heterocycles. The highest BCUT2D eigenvalue weighted by Gasteiger charge is 2.29. The van der Waals surface area contributed by atoms with E-state index in [1.165, 1.54) is 0 Å². The first kappa shape index (κ1) is 13.9. The van der Waals surface area contributed by atoms with E-state index in [0.29, 0.717) is 13.1 Å². The van der Waals surface area contributed by atoms with Crippen molar-refractivity contribution in [3.8, 4) is 0 Å². The van der Waals surface area contributed by atoms with Gasteiger partial charge in [0.25, 0.3) is 0 Å². The summed E-state index contributed by atoms with van der Waals surface area (Å²) in [6.45, 7) is 9.56. The molecule has 0 spiro atoms. The zero-order valence-corrected chi connectivity index (χ0v) is 12.0. The maximum atomic E-state index is 12.0. The molecule has 0 aromatic carbocycles. The second kappa shape index (κ2) is 5.21. The van der Waals surface area contributed by atoms with Gasteiger partial charge < -0.3 is 19.9 Å². The molecule has 1 atom stereocenters. The number of piperazine rings is 1. The predicted octanol–water partition coefficient (Wildman–Crippen LogP) is 1.60. The number of hydrogen-bond acceptors (Lipinski definition) is 4. The highest BCUT2D eigenvalue weighted by molar-refractivity contribution is 5.68. The Morgan fingerprint density at radius 3 is 2.84 bits per heavy atom. The highest BCUT2D eigenvalue weighted by atomic mass is 16.6. The van der Waals surface area contributed by atoms with E-state index >= 15 is 0 Å². The summed E-state index contributed by atoms with van der Waals surface area (Å²) in [5.74, 6) is 0.866. The number of rotatable bonds is 1. The number of carbonyl (C=O) groups is 1. The lowest BCUT2D eigenvalue weighted by atomic mass is 10.2. The van der Waals surface area contributed by atoms with Crippen LogP contribution in [0.15, 0.2) is 6.20 Å². The number of H-pyrrole nitrogens is 1. The van der Waals surface area contributed by atoms with E-state index in [0.717, 1.165) is 18.1 Å². The van der Waals surface area contributed by atoms with E-state index in [-0.39, 0.29) is 12.1 Å². The van der Waals surface area contributed by atoms with Crippen molar-refractivity contribution in [1.29, 1.82) is 0 Å². The van der Waals surface area contributed by atoms with Gasteiger partial charge in [-0.05, 0) is 27.7 Å². The number of amides is 1. The summed E-state index contributed by atoms with van der Waals surface area (Å²) >= 11 is 0. The largest absolute Gasteiger partial charge is 0.444 e. The van der Waals surface area contributed by atoms with E-state index in [9.17, 15) is 4.79 Å². The van der Waals surface area contributed by atoms with Crippen LogP contribution in [0.3, 0.4) is 0 Å². The molecule has 1 aromatic heterocycles. The topological polar surface area (TPSA) is 70.2 Å². The van der Waals surface area contributed by atoms with Crippen LogP contribution in [0.5, 0.6) is 0 Å². The zero-order chi connectivity index (χ0) is 14.0. The van der Waals surface area contributed by atoms with Crippen LogP contribution in [-0.2, 0) is 4.74 Å². The average molecular weight is 266 g/mol. The van der Waals surface area contributed by atoms with Crippen LogP contribution in [-0.4, -0.2) is 46.2 Å². The van der Waals surface area contributed by atoms with Crippen molar-refractivity contribution in [3.05, 3.63) is 17.7 Å². The minimum atomic E-state index is -0.460. The summed E-state index contributed by atoms with van der Waals surface area (Å²) < 4.78 is 5.40. The second-order valence-electron chi connectivity index (χ2n) is 5.88. The van der Waals surface area contributed by atoms with Crippen LogP contribution in [0.1, 0.15) is 38.3 Å². The molecular formula is C13H22N4O2. The number of ether oxygens (including phenoxy) is 1. The molecule has 0 radical (unpaired) electrons. The molecule has 1 aliphatic rings. The number of aromatic amines is 1. The number of carbonyl (C=O) groups excluding carboxylic acids is 1. The Labute approximate surface area is 113 Å². The van der Waals surface area contributed by atoms with Gasteiger partial charge in [0.05, 0.1) is 6.04 Å². The van der Waals surface area contributed by atoms with Crippen molar-refractivity contribution in [1.82, 2.24) is 20.2 Å². The van der Waals surface area contributed by atoms with Gasteiger partial charge in [-0.25, -0.2) is 9.78 Å². The molecule has 0 aliphatic carbocycles. The van der Waals surface area contributed by atoms with Crippen LogP contribution < -0.4 is 5.32 Å². The van der Waals surface area contributed by atoms with E-state index in [1.54, 1.807) is 11.1 Å². The Morgan fingerprint density at radius 2 is 2.26 bits per heavy atom. The molecule has 0 saturated carbocycles. The van der Waals surface area contributed by atoms with Crippen LogP contribution in [0, 0.1) is 6.92 Å². The molecule has 1 aliphatic heterocycles. The number of nitrogens with one attached hydrogen (secondary N) is 2. The highest BCUT2D eigenvalue weighted by Crippen LogP contribution is 2.17. The smallest absolute Gasteiger partial charge is 0.410 e. The summed E-state index contributed by atoms with van der Waals surface area (Å²) in [6, 6.07) is 0.0370. The minimum absolute atomic E-state index is 0.0370. The fourth-order valence-corrected chi connectivity index (χ4v) is 2.04. The van der Waals surface area contributed by atoms with Gasteiger partial charge in [0.2, 0.25) is 0 Å². The summed E-state index contributed by atoms with van der Waals surface area (Å²) in [5.41, 5.74) is 0.560. The SMILES string of the molecule is Cc1cnc([C@H]2CN(C(=O)OC(C)(C)C)CCN2)[nH]1. The van der Waals surface area contributed by atoms with E-state index in [2.05, 4.69) is 15.3 Å². The van der Waals surface area contributed by atoms with Gasteiger partial charge in [-0.15, -0.1) is 0 Å². The van der Waals surface area contributed by atoms with Crippen molar-refractivity contribution < 1.29 is 9.53 Å². The molecule has 106 valence electrons. The van der Waals surface area contributed by atoms with E-state index in [1.807, 2.05) is 27.7 Å². The lowest BCUT2D eigenvalue weighted by Gasteiger charge is -2.34. The maximum absolute atomic E-state index is 12.0. The van der Waals surface area contributed by atoms with Crippen molar-refractivity contribution in [2.45, 2.75) is 39.3 Å². The predicted molar refractivity (Wildman–Crippen MR) is 71.9 cm³/mol. The van der Waals surface area contributed by atoms with Crippen molar-refractivity contribution in [2.75, 3.05) is 19.6 Å². The molecule has 2 N–H and O–H groups in total. The Morgan fingerprint density at radius 1 is 1.53 bits per heavy atom. The van der Waals surface area contributed by atoms with Gasteiger partial charge in [0.1, 0.15) is 11.4 Å². The standard InChI is InChI=1S/C13H22N4O2/c1-9-7-15-11(16-9)10-8-17(6-5-14-10)12(18)19-13(2,3)4/h7,10,14H,5-6,8H2,1-4H3,(H,15,16)/t10-/m1/s1. The summed E-state index contributed by atoms with van der Waals surface area (Å²) in [4.78, 5) is 21.3. The van der Waals surface area contributed by atoms with Crippen LogP contribution in [0.25, 0.3) is 0 Å². The third-order valence-electron chi connectivity index (χ3n) is 2.88. The van der Waals surface area contributed by atoms with E-state index < -0.39 is 5.60 Å². The van der Waals surface area contributed by atoms with Gasteiger partial charge in [-0.3, -0.25) is 0 Å². The summed E-state index contributed by atoms with van der Waals surface area (Å²) in [5, 5.41) is 3.35. The monoisotopic (exact) mass is 266 g/mol. The van der Waals surface area contributed by atoms with Crippen LogP contribution in [0.2, 0.25) is 0 Å². The van der Waals surface area contributed by atoms with Gasteiger partial charge in [0, 0.05) is 31.5 Å². The van der Waals surface area contributed by atoms with Gasteiger partial charge >= 0.3 is 6.09 Å². The van der Waals surface area contributed by atoms with Crippen LogP contribution in [0.4, 0.5) is 4.79 Å². The molecule has 6 nitrogen and oxygen atoms in total. The van der Waals surface area contributed by atoms with Crippen LogP contribution >= 0.6 is 0 Å². The third-order valence-corrected chi connectivity index (χ3v) is 2.88. The zero-order valence-electron chi connectivity index (χ0n) is 12.0. The van der Waals surface area contributed by atoms with Crippen molar-refractivity contribution in [2.24, 2.45) is 0 Å². The number of aromatic nitrogens is 2. The first-order chi connectivity index (χ1) is 8.85. The minimum Gasteiger partial charge on any atom is -0.444 e. The van der Waals surface area contributed by atoms with Crippen molar-refractivity contribution >= 4 is 6.09 Å². The quantitative estimate of drug-likeness (QED) is 0.810. The second-order valence-corrected chi connectivity index (χ2v) is 5.88. The molecule has 1 aromatic rings. The maximum Gasteiger partial charge on any atom is 0.410 e. The molecule has 0 bridgehead atoms. The Kier molecular flexibility index (Phi) is 3.80. The first-order valence-corrected chi connectivity index (χ1v) is 6.58. The lowest BCUT2D eigenvalue weighted by molar-refractivity contribution is 0.0192. The first-order valence-electron chi connectivity index (χ1n) is 6.58. The molecule has 6 heteroatoms. The molecule has 1 amide bonds. The number of nitrogens with zero attached hydrogens (tertiary/aromatic N) is 2. The molecule has 1 saturated heterocycles. The van der Waals surface area contributed by atoms with Gasteiger partial charge in [0.15, 0.2) is 0 Å². The van der Waals surface area contributed by atoms with E-state index in [4.69, 9.17) is 4.74 Å². The van der Waals surface area contributed by atoms with Gasteiger partial charge in [-0.1, -0.05) is 0 Å². The molecular weight excluding hydrogens is 244 g/mol. The third kappa shape index (κ3) is 3.70. The molecule has 2 rings (SSSR count).